The Hall–Kier alpha value is -4.09. The van der Waals surface area contributed by atoms with Crippen LogP contribution in [-0.2, 0) is 20.6 Å². The fraction of sp³-hybridized carbons (Fsp3) is 0.333. The smallest absolute Gasteiger partial charge is 0.418 e. The summed E-state index contributed by atoms with van der Waals surface area (Å²) in [5, 5.41) is 8.44. The number of nitrogens with one attached hydrogen (secondary N) is 3. The number of para-hydroxylation sites is 1. The lowest BCUT2D eigenvalue weighted by Crippen LogP contribution is -2.41. The third kappa shape index (κ3) is 8.60. The van der Waals surface area contributed by atoms with E-state index < -0.39 is 36.1 Å². The zero-order chi connectivity index (χ0) is 26.7. The molecule has 194 valence electrons. The van der Waals surface area contributed by atoms with Crippen LogP contribution >= 0.6 is 0 Å². The number of hydrogen-bond donors (Lipinski definition) is 3. The van der Waals surface area contributed by atoms with E-state index in [9.17, 15) is 27.6 Å². The number of benzene rings is 2. The molecule has 0 spiro atoms. The molecule has 2 rings (SSSR count). The highest BCUT2D eigenvalue weighted by molar-refractivity contribution is 6.35. The second kappa shape index (κ2) is 13.1. The van der Waals surface area contributed by atoms with Crippen molar-refractivity contribution >= 4 is 29.6 Å². The molecule has 0 fully saturated rings. The molecule has 12 heteroatoms. The number of hydrazone groups is 1. The molecule has 0 saturated heterocycles. The average Bonchev–Trinajstić information content (AvgIpc) is 2.83. The Balaban J connectivity index is 2.01. The maximum Gasteiger partial charge on any atom is 0.418 e. The fourth-order valence-electron chi connectivity index (χ4n) is 2.77. The van der Waals surface area contributed by atoms with Crippen LogP contribution in [0.25, 0.3) is 0 Å². The molecule has 0 aliphatic rings. The van der Waals surface area contributed by atoms with Crippen molar-refractivity contribution in [1.29, 1.82) is 0 Å². The summed E-state index contributed by atoms with van der Waals surface area (Å²) in [6.45, 7) is 5.04. The van der Waals surface area contributed by atoms with Crippen LogP contribution in [0.15, 0.2) is 47.6 Å². The number of anilines is 1. The van der Waals surface area contributed by atoms with Gasteiger partial charge in [-0.1, -0.05) is 19.1 Å². The van der Waals surface area contributed by atoms with Gasteiger partial charge in [0.2, 0.25) is 0 Å². The molecule has 1 atom stereocenters. The number of amides is 3. The van der Waals surface area contributed by atoms with Gasteiger partial charge in [0.05, 0.1) is 24.1 Å². The van der Waals surface area contributed by atoms with Crippen molar-refractivity contribution in [3.8, 4) is 11.5 Å². The second-order valence-electron chi connectivity index (χ2n) is 7.50. The Bertz CT molecular complexity index is 1110. The van der Waals surface area contributed by atoms with Crippen LogP contribution < -0.4 is 25.5 Å². The van der Waals surface area contributed by atoms with Gasteiger partial charge in [-0.15, -0.1) is 0 Å². The molecule has 36 heavy (non-hydrogen) atoms. The predicted molar refractivity (Wildman–Crippen MR) is 127 cm³/mol. The van der Waals surface area contributed by atoms with Gasteiger partial charge >= 0.3 is 18.0 Å². The van der Waals surface area contributed by atoms with Gasteiger partial charge in [0.1, 0.15) is 0 Å². The van der Waals surface area contributed by atoms with Crippen molar-refractivity contribution in [2.45, 2.75) is 39.4 Å². The maximum atomic E-state index is 13.1. The van der Waals surface area contributed by atoms with Crippen molar-refractivity contribution in [3.05, 3.63) is 53.6 Å². The van der Waals surface area contributed by atoms with Gasteiger partial charge in [0, 0.05) is 6.04 Å². The summed E-state index contributed by atoms with van der Waals surface area (Å²) in [6.07, 6.45) is -2.68. The monoisotopic (exact) mass is 508 g/mol. The fourth-order valence-corrected chi connectivity index (χ4v) is 2.77. The highest BCUT2D eigenvalue weighted by atomic mass is 19.4. The zero-order valence-electron chi connectivity index (χ0n) is 19.9. The van der Waals surface area contributed by atoms with Crippen molar-refractivity contribution < 1.29 is 37.0 Å². The molecule has 0 aliphatic heterocycles. The van der Waals surface area contributed by atoms with Crippen LogP contribution in [0.5, 0.6) is 11.5 Å². The van der Waals surface area contributed by atoms with Gasteiger partial charge in [-0.25, -0.2) is 5.43 Å². The molecule has 3 amide bonds. The lowest BCUT2D eigenvalue weighted by atomic mass is 10.1. The molecule has 2 aromatic carbocycles. The first-order valence-electron chi connectivity index (χ1n) is 11.0. The molecule has 0 aliphatic carbocycles. The van der Waals surface area contributed by atoms with Crippen molar-refractivity contribution in [3.63, 3.8) is 0 Å². The minimum Gasteiger partial charge on any atom is -0.490 e. The number of ether oxygens (including phenoxy) is 2. The van der Waals surface area contributed by atoms with Crippen LogP contribution in [0.1, 0.15) is 38.3 Å². The van der Waals surface area contributed by atoms with E-state index in [4.69, 9.17) is 9.47 Å². The predicted octanol–water partition coefficient (Wildman–Crippen LogP) is 3.49. The van der Waals surface area contributed by atoms with E-state index in [0.717, 1.165) is 12.1 Å². The highest BCUT2D eigenvalue weighted by Crippen LogP contribution is 2.34. The summed E-state index contributed by atoms with van der Waals surface area (Å²) >= 11 is 0. The summed E-state index contributed by atoms with van der Waals surface area (Å²) in [7, 11) is 0. The Morgan fingerprint density at radius 3 is 2.42 bits per heavy atom. The van der Waals surface area contributed by atoms with Gasteiger partial charge in [-0.05, 0) is 56.2 Å². The van der Waals surface area contributed by atoms with E-state index in [0.29, 0.717) is 12.0 Å². The van der Waals surface area contributed by atoms with Gasteiger partial charge in [0.15, 0.2) is 18.1 Å². The Morgan fingerprint density at radius 1 is 1.03 bits per heavy atom. The second-order valence-corrected chi connectivity index (χ2v) is 7.50. The van der Waals surface area contributed by atoms with Crippen LogP contribution in [-0.4, -0.2) is 43.2 Å². The summed E-state index contributed by atoms with van der Waals surface area (Å²) in [6, 6.07) is 8.99. The van der Waals surface area contributed by atoms with Gasteiger partial charge in [-0.2, -0.15) is 18.3 Å². The normalized spacial score (nSPS) is 12.1. The molecule has 0 heterocycles. The van der Waals surface area contributed by atoms with Gasteiger partial charge < -0.3 is 20.1 Å². The topological polar surface area (TPSA) is 118 Å². The first-order chi connectivity index (χ1) is 17.0. The first-order valence-corrected chi connectivity index (χ1v) is 11.0. The number of rotatable bonds is 10. The number of hydrogen-bond acceptors (Lipinski definition) is 6. The maximum absolute atomic E-state index is 13.1. The average molecular weight is 508 g/mol. The quantitative estimate of drug-likeness (QED) is 0.258. The summed E-state index contributed by atoms with van der Waals surface area (Å²) in [5.74, 6) is -2.11. The highest BCUT2D eigenvalue weighted by Gasteiger charge is 2.33. The van der Waals surface area contributed by atoms with E-state index in [1.54, 1.807) is 19.9 Å². The molecule has 9 nitrogen and oxygen atoms in total. The SMILES string of the molecule is CCOc1cc(/C=N\NC(=O)C(=O)N[C@H](C)CC)ccc1OCC(=O)Nc1ccccc1C(F)(F)F. The number of alkyl halides is 3. The summed E-state index contributed by atoms with van der Waals surface area (Å²) < 4.78 is 50.3. The lowest BCUT2D eigenvalue weighted by molar-refractivity contribution is -0.139. The molecule has 0 bridgehead atoms. The molecule has 3 N–H and O–H groups in total. The van der Waals surface area contributed by atoms with E-state index in [1.807, 2.05) is 6.92 Å². The molecule has 0 radical (unpaired) electrons. The van der Waals surface area contributed by atoms with E-state index in [2.05, 4.69) is 21.2 Å². The molecule has 2 aromatic rings. The largest absolute Gasteiger partial charge is 0.490 e. The number of carbonyl (C=O) groups excluding carboxylic acids is 3. The van der Waals surface area contributed by atoms with Crippen molar-refractivity contribution in [2.24, 2.45) is 5.10 Å². The Morgan fingerprint density at radius 2 is 1.75 bits per heavy atom. The Kier molecular flexibility index (Phi) is 10.3. The van der Waals surface area contributed by atoms with Gasteiger partial charge in [-0.3, -0.25) is 14.4 Å². The van der Waals surface area contributed by atoms with Crippen molar-refractivity contribution in [1.82, 2.24) is 10.7 Å². The molecular formula is C24H27F3N4O5. The molecule has 0 aromatic heterocycles. The van der Waals surface area contributed by atoms with Crippen LogP contribution in [0.4, 0.5) is 18.9 Å². The van der Waals surface area contributed by atoms with Crippen LogP contribution in [0, 0.1) is 0 Å². The van der Waals surface area contributed by atoms with E-state index in [-0.39, 0.29) is 29.8 Å². The molecule has 0 unspecified atom stereocenters. The van der Waals surface area contributed by atoms with Crippen molar-refractivity contribution in [2.75, 3.05) is 18.5 Å². The summed E-state index contributed by atoms with van der Waals surface area (Å²) in [4.78, 5) is 35.7. The minimum absolute atomic E-state index is 0.157. The minimum atomic E-state index is -4.62. The van der Waals surface area contributed by atoms with E-state index in [1.165, 1.54) is 30.5 Å². The zero-order valence-corrected chi connectivity index (χ0v) is 19.9. The number of nitrogens with zero attached hydrogens (tertiary/aromatic N) is 1. The third-order valence-electron chi connectivity index (χ3n) is 4.71. The molecule has 0 saturated carbocycles. The summed E-state index contributed by atoms with van der Waals surface area (Å²) in [5.41, 5.74) is 1.25. The van der Waals surface area contributed by atoms with Crippen LogP contribution in [0.3, 0.4) is 0 Å². The first kappa shape index (κ1) is 28.1. The standard InChI is InChI=1S/C24H27F3N4O5/c1-4-15(3)29-22(33)23(34)31-28-13-16-10-11-19(20(12-16)35-5-2)36-14-21(32)30-18-9-7-6-8-17(18)24(25,26)27/h6-13,15H,4-5,14H2,1-3H3,(H,29,33)(H,30,32)(H,31,34)/b28-13-/t15-/m1/s1. The number of carbonyl (C=O) groups is 3. The van der Waals surface area contributed by atoms with Gasteiger partial charge in [0.25, 0.3) is 5.91 Å². The Labute approximate surface area is 206 Å². The lowest BCUT2D eigenvalue weighted by Gasteiger charge is -2.15. The molecular weight excluding hydrogens is 481 g/mol. The number of halogens is 3. The third-order valence-corrected chi connectivity index (χ3v) is 4.71. The van der Waals surface area contributed by atoms with Crippen LogP contribution in [0.2, 0.25) is 0 Å². The van der Waals surface area contributed by atoms with E-state index >= 15 is 0 Å².